The van der Waals surface area contributed by atoms with Crippen molar-refractivity contribution in [1.29, 1.82) is 5.26 Å². The fourth-order valence-corrected chi connectivity index (χ4v) is 2.75. The molecule has 9 nitrogen and oxygen atoms in total. The number of nitrogens with zero attached hydrogens (tertiary/aromatic N) is 2. The number of nitro benzene ring substituents is 1. The van der Waals surface area contributed by atoms with Crippen molar-refractivity contribution in [2.24, 2.45) is 0 Å². The minimum Gasteiger partial charge on any atom is -0.507 e. The van der Waals surface area contributed by atoms with Crippen molar-refractivity contribution < 1.29 is 29.1 Å². The summed E-state index contributed by atoms with van der Waals surface area (Å²) in [4.78, 5) is 35.8. The smallest absolute Gasteiger partial charge is 0.342 e. The molecule has 0 unspecified atom stereocenters. The zero-order chi connectivity index (χ0) is 20.8. The first-order valence-corrected chi connectivity index (χ1v) is 8.06. The van der Waals surface area contributed by atoms with Gasteiger partial charge < -0.3 is 14.6 Å². The number of carbonyl (C=O) groups is 2. The van der Waals surface area contributed by atoms with Crippen LogP contribution in [-0.2, 0) is 9.47 Å². The Morgan fingerprint density at radius 1 is 1.25 bits per heavy atom. The van der Waals surface area contributed by atoms with Crippen molar-refractivity contribution in [1.82, 2.24) is 0 Å². The molecule has 0 bridgehead atoms. The number of aromatic hydroxyl groups is 1. The van der Waals surface area contributed by atoms with Crippen LogP contribution in [0.3, 0.4) is 0 Å². The molecule has 0 spiro atoms. The predicted octanol–water partition coefficient (Wildman–Crippen LogP) is 3.13. The van der Waals surface area contributed by atoms with Crippen molar-refractivity contribution >= 4 is 17.6 Å². The second kappa shape index (κ2) is 8.64. The average molecular weight is 384 g/mol. The molecule has 0 aromatic heterocycles. The molecule has 0 amide bonds. The third-order valence-electron chi connectivity index (χ3n) is 3.91. The van der Waals surface area contributed by atoms with Gasteiger partial charge in [0.1, 0.15) is 17.9 Å². The lowest BCUT2D eigenvalue weighted by molar-refractivity contribution is -0.384. The maximum atomic E-state index is 12.7. The van der Waals surface area contributed by atoms with Crippen molar-refractivity contribution in [3.63, 3.8) is 0 Å². The summed E-state index contributed by atoms with van der Waals surface area (Å²) >= 11 is 0. The number of methoxy groups -OCH3 is 1. The molecule has 1 N–H and O–H groups in total. The number of hydrogen-bond donors (Lipinski definition) is 1. The lowest BCUT2D eigenvalue weighted by Gasteiger charge is -2.17. The molecule has 0 radical (unpaired) electrons. The predicted molar refractivity (Wildman–Crippen MR) is 96.8 cm³/mol. The van der Waals surface area contributed by atoms with Crippen molar-refractivity contribution in [3.05, 3.63) is 57.1 Å². The van der Waals surface area contributed by atoms with Gasteiger partial charge in [-0.05, 0) is 24.6 Å². The highest BCUT2D eigenvalue weighted by Crippen LogP contribution is 2.40. The molecule has 0 saturated carbocycles. The maximum Gasteiger partial charge on any atom is 0.342 e. The van der Waals surface area contributed by atoms with E-state index in [1.54, 1.807) is 0 Å². The molecule has 9 heteroatoms. The Morgan fingerprint density at radius 3 is 2.54 bits per heavy atom. The minimum atomic E-state index is -0.975. The largest absolute Gasteiger partial charge is 0.507 e. The highest BCUT2D eigenvalue weighted by Gasteiger charge is 2.31. The number of esters is 2. The van der Waals surface area contributed by atoms with E-state index < -0.39 is 28.2 Å². The van der Waals surface area contributed by atoms with E-state index in [0.717, 1.165) is 7.11 Å². The van der Waals surface area contributed by atoms with Crippen LogP contribution in [-0.4, -0.2) is 35.7 Å². The topological polar surface area (TPSA) is 140 Å². The Morgan fingerprint density at radius 2 is 1.93 bits per heavy atom. The number of phenols is 1. The number of aryl methyl sites for hydroxylation is 1. The molecule has 0 aliphatic rings. The zero-order valence-electron chi connectivity index (χ0n) is 15.1. The standard InChI is InChI=1S/C19H16N2O7/c1-11-10-14(22)17(18(23)27-2)16(15(11)19(24)28-9-5-8-20)12-6-3-4-7-13(12)21(25)26/h3-4,6-7,10,22H,5,9H2,1-2H3. The van der Waals surface area contributed by atoms with Gasteiger partial charge in [-0.2, -0.15) is 5.26 Å². The minimum absolute atomic E-state index is 0.0481. The molecule has 28 heavy (non-hydrogen) atoms. The maximum absolute atomic E-state index is 12.7. The van der Waals surface area contributed by atoms with Gasteiger partial charge in [-0.25, -0.2) is 9.59 Å². The zero-order valence-corrected chi connectivity index (χ0v) is 15.1. The summed E-state index contributed by atoms with van der Waals surface area (Å²) < 4.78 is 9.74. The first-order chi connectivity index (χ1) is 13.3. The van der Waals surface area contributed by atoms with Gasteiger partial charge in [0.15, 0.2) is 0 Å². The molecule has 2 aromatic carbocycles. The van der Waals surface area contributed by atoms with Gasteiger partial charge in [0, 0.05) is 11.6 Å². The van der Waals surface area contributed by atoms with E-state index in [9.17, 15) is 24.8 Å². The van der Waals surface area contributed by atoms with Crippen LogP contribution in [0.4, 0.5) is 5.69 Å². The SMILES string of the molecule is COC(=O)c1c(O)cc(C)c(C(=O)OCCC#N)c1-c1ccccc1[N+](=O)[O-]. The van der Waals surface area contributed by atoms with Crippen LogP contribution in [0.15, 0.2) is 30.3 Å². The summed E-state index contributed by atoms with van der Waals surface area (Å²) in [6, 6.07) is 8.48. The summed E-state index contributed by atoms with van der Waals surface area (Å²) in [5.74, 6) is -2.35. The summed E-state index contributed by atoms with van der Waals surface area (Å²) in [7, 11) is 1.08. The van der Waals surface area contributed by atoms with Gasteiger partial charge in [-0.1, -0.05) is 12.1 Å². The number of nitro groups is 1. The number of carbonyl (C=O) groups excluding carboxylic acids is 2. The lowest BCUT2D eigenvalue weighted by atomic mass is 9.89. The first-order valence-electron chi connectivity index (χ1n) is 8.06. The quantitative estimate of drug-likeness (QED) is 0.347. The number of rotatable bonds is 6. The van der Waals surface area contributed by atoms with E-state index in [0.29, 0.717) is 0 Å². The van der Waals surface area contributed by atoms with Crippen molar-refractivity contribution in [2.75, 3.05) is 13.7 Å². The molecule has 0 aliphatic carbocycles. The summed E-state index contributed by atoms with van der Waals surface area (Å²) in [6.45, 7) is 1.29. The van der Waals surface area contributed by atoms with E-state index in [2.05, 4.69) is 4.74 Å². The van der Waals surface area contributed by atoms with Crippen LogP contribution in [0.1, 0.15) is 32.7 Å². The van der Waals surface area contributed by atoms with Gasteiger partial charge in [-0.3, -0.25) is 10.1 Å². The van der Waals surface area contributed by atoms with Gasteiger partial charge in [-0.15, -0.1) is 0 Å². The fourth-order valence-electron chi connectivity index (χ4n) is 2.75. The second-order valence-corrected chi connectivity index (χ2v) is 5.65. The van der Waals surface area contributed by atoms with E-state index in [1.807, 2.05) is 6.07 Å². The molecular weight excluding hydrogens is 368 g/mol. The van der Waals surface area contributed by atoms with E-state index in [-0.39, 0.29) is 41.0 Å². The van der Waals surface area contributed by atoms with Crippen molar-refractivity contribution in [3.8, 4) is 22.9 Å². The lowest BCUT2D eigenvalue weighted by Crippen LogP contribution is -2.14. The van der Waals surface area contributed by atoms with Gasteiger partial charge in [0.2, 0.25) is 0 Å². The normalized spacial score (nSPS) is 10.0. The summed E-state index contributed by atoms with van der Waals surface area (Å²) in [5, 5.41) is 30.4. The Kier molecular flexibility index (Phi) is 6.29. The number of ether oxygens (including phenoxy) is 2. The molecular formula is C19H16N2O7. The molecule has 0 aliphatic heterocycles. The van der Waals surface area contributed by atoms with Crippen molar-refractivity contribution in [2.45, 2.75) is 13.3 Å². The Labute approximate surface area is 159 Å². The highest BCUT2D eigenvalue weighted by atomic mass is 16.6. The van der Waals surface area contributed by atoms with E-state index in [4.69, 9.17) is 10.00 Å². The number of para-hydroxylation sites is 1. The second-order valence-electron chi connectivity index (χ2n) is 5.65. The Balaban J connectivity index is 2.87. The monoisotopic (exact) mass is 384 g/mol. The van der Waals surface area contributed by atoms with Gasteiger partial charge in [0.05, 0.1) is 35.7 Å². The highest BCUT2D eigenvalue weighted by molar-refractivity contribution is 6.09. The molecule has 0 atom stereocenters. The third-order valence-corrected chi connectivity index (χ3v) is 3.91. The van der Waals surface area contributed by atoms with Gasteiger partial charge >= 0.3 is 11.9 Å². The molecule has 144 valence electrons. The van der Waals surface area contributed by atoms with Crippen LogP contribution in [0.25, 0.3) is 11.1 Å². The molecule has 0 fully saturated rings. The number of hydrogen-bond acceptors (Lipinski definition) is 8. The van der Waals surface area contributed by atoms with Crippen LogP contribution in [0.2, 0.25) is 0 Å². The fraction of sp³-hybridized carbons (Fsp3) is 0.211. The summed E-state index contributed by atoms with van der Waals surface area (Å²) in [5.41, 5.74) is -0.887. The van der Waals surface area contributed by atoms with E-state index in [1.165, 1.54) is 37.3 Å². The number of nitriles is 1. The number of benzene rings is 2. The first kappa shape index (κ1) is 20.4. The van der Waals surface area contributed by atoms with Gasteiger partial charge in [0.25, 0.3) is 5.69 Å². The molecule has 0 heterocycles. The average Bonchev–Trinajstić information content (AvgIpc) is 2.66. The Bertz CT molecular complexity index is 993. The van der Waals surface area contributed by atoms with Crippen LogP contribution >= 0.6 is 0 Å². The van der Waals surface area contributed by atoms with E-state index >= 15 is 0 Å². The summed E-state index contributed by atoms with van der Waals surface area (Å²) in [6.07, 6.45) is -0.0481. The number of phenolic OH excluding ortho intramolecular Hbond substituents is 1. The third kappa shape index (κ3) is 3.91. The Hall–Kier alpha value is -3.93. The van der Waals surface area contributed by atoms with Crippen LogP contribution in [0.5, 0.6) is 5.75 Å². The molecule has 2 rings (SSSR count). The molecule has 0 saturated heterocycles. The van der Waals surface area contributed by atoms with Crippen LogP contribution < -0.4 is 0 Å². The molecule has 2 aromatic rings. The van der Waals surface area contributed by atoms with Crippen LogP contribution in [0, 0.1) is 28.4 Å².